The van der Waals surface area contributed by atoms with Gasteiger partial charge in [-0.05, 0) is 45.3 Å². The van der Waals surface area contributed by atoms with Crippen LogP contribution in [0.5, 0.6) is 0 Å². The molecule has 1 heterocycles. The molecule has 0 spiro atoms. The average Bonchev–Trinajstić information content (AvgIpc) is 2.49. The van der Waals surface area contributed by atoms with Gasteiger partial charge in [0.1, 0.15) is 6.61 Å². The quantitative estimate of drug-likeness (QED) is 0.442. The van der Waals surface area contributed by atoms with Gasteiger partial charge in [-0.15, -0.1) is 0 Å². The highest BCUT2D eigenvalue weighted by atomic mass is 16.5. The molecule has 6 nitrogen and oxygen atoms in total. The molecule has 1 saturated heterocycles. The number of piperidine rings is 1. The van der Waals surface area contributed by atoms with Crippen LogP contribution in [0.25, 0.3) is 0 Å². The Hall–Kier alpha value is -0.980. The third kappa shape index (κ3) is 8.80. The van der Waals surface area contributed by atoms with E-state index in [9.17, 15) is 9.59 Å². The monoisotopic (exact) mass is 300 g/mol. The minimum absolute atomic E-state index is 0.215. The Kier molecular flexibility index (Phi) is 9.21. The van der Waals surface area contributed by atoms with E-state index in [0.29, 0.717) is 6.42 Å². The van der Waals surface area contributed by atoms with Crippen molar-refractivity contribution in [2.75, 3.05) is 26.2 Å². The van der Waals surface area contributed by atoms with Gasteiger partial charge in [-0.1, -0.05) is 19.3 Å². The molecule has 0 saturated carbocycles. The van der Waals surface area contributed by atoms with Crippen LogP contribution in [0.15, 0.2) is 0 Å². The highest BCUT2D eigenvalue weighted by Gasteiger charge is 2.14. The number of nitrogens with zero attached hydrogens (tertiary/aromatic N) is 1. The molecule has 1 unspecified atom stereocenters. The first-order chi connectivity index (χ1) is 10.1. The van der Waals surface area contributed by atoms with Gasteiger partial charge in [-0.25, -0.2) is 4.79 Å². The van der Waals surface area contributed by atoms with Crippen molar-refractivity contribution in [3.05, 3.63) is 0 Å². The largest absolute Gasteiger partial charge is 0.480 e. The summed E-state index contributed by atoms with van der Waals surface area (Å²) in [6.45, 7) is 3.10. The fourth-order valence-corrected chi connectivity index (χ4v) is 2.57. The van der Waals surface area contributed by atoms with Gasteiger partial charge in [-0.2, -0.15) is 0 Å². The molecule has 0 aromatic heterocycles. The first kappa shape index (κ1) is 18.1. The van der Waals surface area contributed by atoms with E-state index in [4.69, 9.17) is 15.6 Å². The number of ketones is 1. The second-order valence-electron chi connectivity index (χ2n) is 5.66. The number of carboxylic acids is 1. The second-order valence-corrected chi connectivity index (χ2v) is 5.66. The lowest BCUT2D eigenvalue weighted by Crippen LogP contribution is -2.35. The summed E-state index contributed by atoms with van der Waals surface area (Å²) in [5, 5.41) is 8.43. The molecule has 0 aromatic rings. The Labute approximate surface area is 126 Å². The molecule has 122 valence electrons. The van der Waals surface area contributed by atoms with Gasteiger partial charge in [0.05, 0.1) is 0 Å². The highest BCUT2D eigenvalue weighted by Crippen LogP contribution is 2.11. The third-order valence-corrected chi connectivity index (χ3v) is 3.80. The van der Waals surface area contributed by atoms with Crippen LogP contribution in [0.3, 0.4) is 0 Å². The molecular weight excluding hydrogens is 272 g/mol. The summed E-state index contributed by atoms with van der Waals surface area (Å²) < 4.78 is 4.74. The molecule has 1 fully saturated rings. The Morgan fingerprint density at radius 1 is 1.10 bits per heavy atom. The zero-order valence-electron chi connectivity index (χ0n) is 12.8. The van der Waals surface area contributed by atoms with E-state index in [2.05, 4.69) is 4.90 Å². The smallest absolute Gasteiger partial charge is 0.329 e. The summed E-state index contributed by atoms with van der Waals surface area (Å²) in [5.41, 5.74) is 5.46. The van der Waals surface area contributed by atoms with Crippen LogP contribution < -0.4 is 5.73 Å². The van der Waals surface area contributed by atoms with Crippen LogP contribution in [0, 0.1) is 0 Å². The van der Waals surface area contributed by atoms with Crippen molar-refractivity contribution in [1.29, 1.82) is 0 Å². The van der Waals surface area contributed by atoms with Gasteiger partial charge >= 0.3 is 5.97 Å². The average molecular weight is 300 g/mol. The molecule has 0 bridgehead atoms. The van der Waals surface area contributed by atoms with Crippen molar-refractivity contribution in [2.24, 2.45) is 5.73 Å². The zero-order valence-corrected chi connectivity index (χ0v) is 12.8. The van der Waals surface area contributed by atoms with Crippen LogP contribution >= 0.6 is 0 Å². The minimum Gasteiger partial charge on any atom is -0.480 e. The van der Waals surface area contributed by atoms with Crippen LogP contribution in [0.2, 0.25) is 0 Å². The van der Waals surface area contributed by atoms with Gasteiger partial charge in [0.25, 0.3) is 0 Å². The SMILES string of the molecule is NC(OCC(=O)O)C(=O)CCCCCCN1CCCCC1. The number of hydrogen-bond acceptors (Lipinski definition) is 5. The van der Waals surface area contributed by atoms with E-state index in [1.165, 1.54) is 38.8 Å². The van der Waals surface area contributed by atoms with Crippen molar-refractivity contribution in [2.45, 2.75) is 57.6 Å². The van der Waals surface area contributed by atoms with Crippen molar-refractivity contribution in [3.63, 3.8) is 0 Å². The summed E-state index contributed by atoms with van der Waals surface area (Å²) in [5.74, 6) is -1.33. The Morgan fingerprint density at radius 2 is 1.76 bits per heavy atom. The maximum atomic E-state index is 11.6. The molecule has 3 N–H and O–H groups in total. The second kappa shape index (κ2) is 10.7. The number of Topliss-reactive ketones (excluding diaryl/α,β-unsaturated/α-hetero) is 1. The number of ether oxygens (including phenoxy) is 1. The normalized spacial score (nSPS) is 17.6. The molecule has 0 amide bonds. The molecule has 6 heteroatoms. The highest BCUT2D eigenvalue weighted by molar-refractivity contribution is 5.82. The molecule has 1 rings (SSSR count). The molecule has 0 radical (unpaired) electrons. The van der Waals surface area contributed by atoms with Crippen LogP contribution in [-0.2, 0) is 14.3 Å². The van der Waals surface area contributed by atoms with E-state index in [0.717, 1.165) is 25.8 Å². The van der Waals surface area contributed by atoms with Crippen LogP contribution in [0.1, 0.15) is 51.4 Å². The molecular formula is C15H28N2O4. The summed E-state index contributed by atoms with van der Waals surface area (Å²) >= 11 is 0. The van der Waals surface area contributed by atoms with E-state index < -0.39 is 18.8 Å². The summed E-state index contributed by atoms with van der Waals surface area (Å²) in [6, 6.07) is 0. The number of nitrogens with two attached hydrogens (primary N) is 1. The van der Waals surface area contributed by atoms with Gasteiger partial charge in [0, 0.05) is 6.42 Å². The molecule has 1 atom stereocenters. The predicted molar refractivity (Wildman–Crippen MR) is 79.9 cm³/mol. The van der Waals surface area contributed by atoms with Crippen molar-refractivity contribution < 1.29 is 19.4 Å². The number of aliphatic carboxylic acids is 1. The third-order valence-electron chi connectivity index (χ3n) is 3.80. The summed E-state index contributed by atoms with van der Waals surface area (Å²) in [6.07, 6.45) is 7.37. The van der Waals surface area contributed by atoms with Crippen molar-refractivity contribution >= 4 is 11.8 Å². The fraction of sp³-hybridized carbons (Fsp3) is 0.867. The van der Waals surface area contributed by atoms with Gasteiger partial charge in [0.2, 0.25) is 0 Å². The lowest BCUT2D eigenvalue weighted by atomic mass is 10.1. The number of rotatable bonds is 11. The van der Waals surface area contributed by atoms with E-state index >= 15 is 0 Å². The van der Waals surface area contributed by atoms with Crippen LogP contribution in [-0.4, -0.2) is 54.2 Å². The van der Waals surface area contributed by atoms with E-state index in [1.807, 2.05) is 0 Å². The van der Waals surface area contributed by atoms with Crippen LogP contribution in [0.4, 0.5) is 0 Å². The first-order valence-electron chi connectivity index (χ1n) is 7.93. The van der Waals surface area contributed by atoms with Gasteiger partial charge in [-0.3, -0.25) is 10.5 Å². The maximum absolute atomic E-state index is 11.6. The predicted octanol–water partition coefficient (Wildman–Crippen LogP) is 1.38. The van der Waals surface area contributed by atoms with Crippen molar-refractivity contribution in [1.82, 2.24) is 4.90 Å². The molecule has 0 aliphatic carbocycles. The number of carbonyl (C=O) groups is 2. The summed E-state index contributed by atoms with van der Waals surface area (Å²) in [4.78, 5) is 24.4. The molecule has 1 aliphatic rings. The topological polar surface area (TPSA) is 92.9 Å². The van der Waals surface area contributed by atoms with Crippen molar-refractivity contribution in [3.8, 4) is 0 Å². The lowest BCUT2D eigenvalue weighted by molar-refractivity contribution is -0.147. The van der Waals surface area contributed by atoms with Gasteiger partial charge < -0.3 is 14.7 Å². The number of unbranched alkanes of at least 4 members (excludes halogenated alkanes) is 3. The lowest BCUT2D eigenvalue weighted by Gasteiger charge is -2.26. The molecule has 0 aromatic carbocycles. The standard InChI is InChI=1S/C15H28N2O4/c16-15(21-12-14(19)20)13(18)8-4-1-2-5-9-17-10-6-3-7-11-17/h15H,1-12,16H2,(H,19,20). The number of hydrogen-bond donors (Lipinski definition) is 2. The number of carbonyl (C=O) groups excluding carboxylic acids is 1. The Balaban J connectivity index is 1.95. The van der Waals surface area contributed by atoms with E-state index in [-0.39, 0.29) is 5.78 Å². The number of likely N-dealkylation sites (tertiary alicyclic amines) is 1. The molecule has 21 heavy (non-hydrogen) atoms. The Bertz CT molecular complexity index is 317. The summed E-state index contributed by atoms with van der Waals surface area (Å²) in [7, 11) is 0. The minimum atomic E-state index is -1.11. The molecule has 1 aliphatic heterocycles. The maximum Gasteiger partial charge on any atom is 0.329 e. The Morgan fingerprint density at radius 3 is 2.43 bits per heavy atom. The van der Waals surface area contributed by atoms with Gasteiger partial charge in [0.15, 0.2) is 12.0 Å². The number of carboxylic acid groups (broad SMARTS) is 1. The zero-order chi connectivity index (χ0) is 15.5. The van der Waals surface area contributed by atoms with E-state index in [1.54, 1.807) is 0 Å². The fourth-order valence-electron chi connectivity index (χ4n) is 2.57. The first-order valence-corrected chi connectivity index (χ1v) is 7.93.